The molecule has 0 spiro atoms. The molecule has 1 heterocycles. The number of isocyanates is 1. The number of rotatable bonds is 0. The summed E-state index contributed by atoms with van der Waals surface area (Å²) < 4.78 is 1.21. The quantitative estimate of drug-likeness (QED) is 0.304. The lowest BCUT2D eigenvalue weighted by molar-refractivity contribution is -0.305. The molecular formula is C4H3N2O+. The van der Waals surface area contributed by atoms with E-state index in [0.29, 0.717) is 0 Å². The maximum Gasteiger partial charge on any atom is 0.330 e. The van der Waals surface area contributed by atoms with Gasteiger partial charge in [-0.25, -0.2) is 0 Å². The van der Waals surface area contributed by atoms with Gasteiger partial charge in [0.15, 0.2) is 12.4 Å². The molecule has 0 saturated carbocycles. The third-order valence-electron chi connectivity index (χ3n) is 0.610. The molecule has 0 aromatic rings. The molecule has 0 amide bonds. The van der Waals surface area contributed by atoms with Crippen molar-refractivity contribution in [3.05, 3.63) is 12.4 Å². The van der Waals surface area contributed by atoms with Crippen LogP contribution in [0.25, 0.3) is 0 Å². The average Bonchev–Trinajstić information content (AvgIpc) is 2.14. The fraction of sp³-hybridized carbons (Fsp3) is 0. The van der Waals surface area contributed by atoms with Crippen LogP contribution in [0.5, 0.6) is 0 Å². The molecule has 0 atom stereocenters. The smallest absolute Gasteiger partial charge is 0.185 e. The Morgan fingerprint density at radius 1 is 1.71 bits per heavy atom. The molecular weight excluding hydrogens is 92.1 g/mol. The Hall–Kier alpha value is -1.21. The van der Waals surface area contributed by atoms with E-state index in [2.05, 4.69) is 4.99 Å². The first kappa shape index (κ1) is 3.96. The van der Waals surface area contributed by atoms with Gasteiger partial charge in [0, 0.05) is 0 Å². The van der Waals surface area contributed by atoms with E-state index in [1.807, 2.05) is 0 Å². The second kappa shape index (κ2) is 1.49. The zero-order valence-electron chi connectivity index (χ0n) is 3.53. The zero-order valence-corrected chi connectivity index (χ0v) is 3.53. The van der Waals surface area contributed by atoms with E-state index in [9.17, 15) is 4.79 Å². The number of hydrogen-bond acceptors (Lipinski definition) is 2. The Morgan fingerprint density at radius 2 is 2.57 bits per heavy atom. The maximum absolute atomic E-state index is 9.67. The molecule has 0 aliphatic carbocycles. The summed E-state index contributed by atoms with van der Waals surface area (Å²) in [5.74, 6) is 0. The van der Waals surface area contributed by atoms with Gasteiger partial charge in [-0.3, -0.25) is 0 Å². The van der Waals surface area contributed by atoms with Crippen molar-refractivity contribution >= 4 is 12.4 Å². The number of carbonyl (C=O) groups excluding carboxylic acids is 1. The Bertz CT molecular complexity index is 160. The molecule has 0 saturated heterocycles. The highest BCUT2D eigenvalue weighted by Gasteiger charge is 1.96. The normalized spacial score (nSPS) is 15.1. The van der Waals surface area contributed by atoms with Crippen LogP contribution in [0.15, 0.2) is 17.4 Å². The molecule has 1 aliphatic rings. The Morgan fingerprint density at radius 3 is 2.86 bits per heavy atom. The van der Waals surface area contributed by atoms with E-state index in [1.54, 1.807) is 6.08 Å². The molecule has 1 aliphatic heterocycles. The standard InChI is InChI=1S/C4H3N2O/c7-4-6-2-1-5-3-6/h1-3H/q+1. The summed E-state index contributed by atoms with van der Waals surface area (Å²) in [6.07, 6.45) is 6.03. The van der Waals surface area contributed by atoms with Crippen molar-refractivity contribution in [3.63, 3.8) is 0 Å². The van der Waals surface area contributed by atoms with Crippen LogP contribution in [-0.4, -0.2) is 17.0 Å². The van der Waals surface area contributed by atoms with Gasteiger partial charge in [0.1, 0.15) is 0 Å². The van der Waals surface area contributed by atoms with Gasteiger partial charge in [0.05, 0.1) is 0 Å². The van der Waals surface area contributed by atoms with Crippen LogP contribution in [0.1, 0.15) is 0 Å². The van der Waals surface area contributed by atoms with Crippen molar-refractivity contribution in [2.45, 2.75) is 0 Å². The summed E-state index contributed by atoms with van der Waals surface area (Å²) in [5, 5.41) is 0. The van der Waals surface area contributed by atoms with Gasteiger partial charge in [0.25, 0.3) is 0 Å². The summed E-state index contributed by atoms with van der Waals surface area (Å²) in [4.78, 5) is 13.3. The SMILES string of the molecule is O=C=[N+]1C=CN=C1. The molecule has 3 heteroatoms. The van der Waals surface area contributed by atoms with Crippen molar-refractivity contribution in [3.8, 4) is 0 Å². The molecule has 0 N–H and O–H groups in total. The minimum Gasteiger partial charge on any atom is -0.185 e. The molecule has 0 radical (unpaired) electrons. The van der Waals surface area contributed by atoms with Crippen molar-refractivity contribution in [1.29, 1.82) is 0 Å². The fourth-order valence-corrected chi connectivity index (χ4v) is 0.313. The number of aliphatic imine (C=N–C) groups is 1. The Balaban J connectivity index is 3.00. The third-order valence-corrected chi connectivity index (χ3v) is 0.610. The van der Waals surface area contributed by atoms with Crippen molar-refractivity contribution in [2.75, 3.05) is 0 Å². The van der Waals surface area contributed by atoms with Crippen LogP contribution >= 0.6 is 0 Å². The van der Waals surface area contributed by atoms with Gasteiger partial charge >= 0.3 is 12.4 Å². The van der Waals surface area contributed by atoms with Gasteiger partial charge in [-0.15, -0.1) is 4.58 Å². The van der Waals surface area contributed by atoms with Crippen LogP contribution in [0.2, 0.25) is 0 Å². The summed E-state index contributed by atoms with van der Waals surface area (Å²) in [6.45, 7) is 0. The van der Waals surface area contributed by atoms with Gasteiger partial charge < -0.3 is 0 Å². The predicted octanol–water partition coefficient (Wildman–Crippen LogP) is -0.152. The molecule has 0 fully saturated rings. The van der Waals surface area contributed by atoms with Crippen molar-refractivity contribution in [1.82, 2.24) is 0 Å². The van der Waals surface area contributed by atoms with E-state index in [-0.39, 0.29) is 0 Å². The maximum atomic E-state index is 9.67. The first-order chi connectivity index (χ1) is 3.43. The summed E-state index contributed by atoms with van der Waals surface area (Å²) in [7, 11) is 0. The summed E-state index contributed by atoms with van der Waals surface area (Å²) >= 11 is 0. The van der Waals surface area contributed by atoms with Crippen LogP contribution in [-0.2, 0) is 4.79 Å². The predicted molar refractivity (Wildman–Crippen MR) is 23.6 cm³/mol. The highest BCUT2D eigenvalue weighted by atomic mass is 16.1. The highest BCUT2D eigenvalue weighted by Crippen LogP contribution is 1.81. The lowest BCUT2D eigenvalue weighted by atomic mass is 10.9. The largest absolute Gasteiger partial charge is 0.330 e. The Kier molecular flexibility index (Phi) is 0.845. The zero-order chi connectivity index (χ0) is 5.11. The van der Waals surface area contributed by atoms with Crippen molar-refractivity contribution < 1.29 is 9.37 Å². The first-order valence-corrected chi connectivity index (χ1v) is 1.79. The number of nitrogens with zero attached hydrogens (tertiary/aromatic N) is 2. The van der Waals surface area contributed by atoms with E-state index in [4.69, 9.17) is 0 Å². The molecule has 0 aromatic heterocycles. The molecule has 7 heavy (non-hydrogen) atoms. The molecule has 3 nitrogen and oxygen atoms in total. The second-order valence-corrected chi connectivity index (χ2v) is 1.06. The second-order valence-electron chi connectivity index (χ2n) is 1.06. The van der Waals surface area contributed by atoms with Gasteiger partial charge in [0.2, 0.25) is 0 Å². The lowest BCUT2D eigenvalue weighted by Crippen LogP contribution is -1.91. The topological polar surface area (TPSA) is 32.4 Å². The lowest BCUT2D eigenvalue weighted by Gasteiger charge is -1.63. The highest BCUT2D eigenvalue weighted by molar-refractivity contribution is 5.53. The Labute approximate surface area is 40.3 Å². The minimum absolute atomic E-state index is 1.21. The van der Waals surface area contributed by atoms with Gasteiger partial charge in [-0.05, 0) is 0 Å². The molecule has 0 aromatic carbocycles. The average molecular weight is 95.1 g/mol. The van der Waals surface area contributed by atoms with Crippen LogP contribution in [0, 0.1) is 0 Å². The molecule has 1 rings (SSSR count). The van der Waals surface area contributed by atoms with E-state index in [1.165, 1.54) is 23.3 Å². The van der Waals surface area contributed by atoms with Crippen LogP contribution in [0.3, 0.4) is 0 Å². The van der Waals surface area contributed by atoms with Gasteiger partial charge in [-0.2, -0.15) is 4.79 Å². The third kappa shape index (κ3) is 0.614. The van der Waals surface area contributed by atoms with E-state index >= 15 is 0 Å². The van der Waals surface area contributed by atoms with Crippen LogP contribution < -0.4 is 0 Å². The monoisotopic (exact) mass is 95.0 g/mol. The van der Waals surface area contributed by atoms with E-state index < -0.39 is 0 Å². The first-order valence-electron chi connectivity index (χ1n) is 1.79. The molecule has 0 bridgehead atoms. The van der Waals surface area contributed by atoms with Crippen LogP contribution in [0.4, 0.5) is 0 Å². The van der Waals surface area contributed by atoms with E-state index in [0.717, 1.165) is 0 Å². The van der Waals surface area contributed by atoms with Gasteiger partial charge in [-0.1, -0.05) is 4.99 Å². The molecule has 34 valence electrons. The minimum atomic E-state index is 1.21. The fourth-order valence-electron chi connectivity index (χ4n) is 0.313. The summed E-state index contributed by atoms with van der Waals surface area (Å²) in [5.41, 5.74) is 0. The summed E-state index contributed by atoms with van der Waals surface area (Å²) in [6, 6.07) is 0. The number of hydrogen-bond donors (Lipinski definition) is 0. The van der Waals surface area contributed by atoms with Crippen molar-refractivity contribution in [2.24, 2.45) is 4.99 Å². The molecule has 0 unspecified atom stereocenters.